The SMILES string of the molecule is Cc1cc(OCC(=O)NCc2ccc(Cl)cc2)nc(N2CCCCCC2)n1. The quantitative estimate of drug-likeness (QED) is 0.820. The Morgan fingerprint density at radius 1 is 1.15 bits per heavy atom. The van der Waals surface area contributed by atoms with Gasteiger partial charge in [-0.05, 0) is 37.5 Å². The zero-order valence-corrected chi connectivity index (χ0v) is 16.3. The number of halogens is 1. The molecule has 1 N–H and O–H groups in total. The van der Waals surface area contributed by atoms with Gasteiger partial charge in [0.05, 0.1) is 0 Å². The van der Waals surface area contributed by atoms with Crippen molar-refractivity contribution in [2.45, 2.75) is 39.2 Å². The number of amides is 1. The van der Waals surface area contributed by atoms with E-state index in [-0.39, 0.29) is 12.5 Å². The summed E-state index contributed by atoms with van der Waals surface area (Å²) in [7, 11) is 0. The molecule has 0 saturated carbocycles. The Morgan fingerprint density at radius 3 is 2.56 bits per heavy atom. The molecular formula is C20H25ClN4O2. The molecule has 0 radical (unpaired) electrons. The lowest BCUT2D eigenvalue weighted by Gasteiger charge is -2.21. The first-order valence-electron chi connectivity index (χ1n) is 9.35. The van der Waals surface area contributed by atoms with Gasteiger partial charge in [-0.25, -0.2) is 4.98 Å². The van der Waals surface area contributed by atoms with E-state index in [2.05, 4.69) is 20.2 Å². The Hall–Kier alpha value is -2.34. The third-order valence-corrected chi connectivity index (χ3v) is 4.71. The monoisotopic (exact) mass is 388 g/mol. The molecule has 7 heteroatoms. The molecule has 1 amide bonds. The summed E-state index contributed by atoms with van der Waals surface area (Å²) >= 11 is 5.86. The van der Waals surface area contributed by atoms with Gasteiger partial charge in [-0.2, -0.15) is 4.98 Å². The highest BCUT2D eigenvalue weighted by Gasteiger charge is 2.14. The molecule has 1 saturated heterocycles. The van der Waals surface area contributed by atoms with Crippen LogP contribution in [0.25, 0.3) is 0 Å². The molecule has 1 aromatic heterocycles. The minimum Gasteiger partial charge on any atom is -0.467 e. The number of nitrogens with zero attached hydrogens (tertiary/aromatic N) is 3. The number of anilines is 1. The highest BCUT2D eigenvalue weighted by Crippen LogP contribution is 2.19. The first-order valence-corrected chi connectivity index (χ1v) is 9.72. The zero-order chi connectivity index (χ0) is 19.1. The molecule has 3 rings (SSSR count). The number of rotatable bonds is 6. The molecule has 0 spiro atoms. The molecule has 2 aromatic rings. The van der Waals surface area contributed by atoms with Gasteiger partial charge in [-0.1, -0.05) is 36.6 Å². The van der Waals surface area contributed by atoms with E-state index in [9.17, 15) is 4.79 Å². The van der Waals surface area contributed by atoms with Crippen molar-refractivity contribution in [2.24, 2.45) is 0 Å². The molecule has 1 aliphatic heterocycles. The predicted molar refractivity (Wildman–Crippen MR) is 106 cm³/mol. The van der Waals surface area contributed by atoms with Gasteiger partial charge in [0.1, 0.15) is 0 Å². The Labute approximate surface area is 164 Å². The molecule has 27 heavy (non-hydrogen) atoms. The van der Waals surface area contributed by atoms with Crippen molar-refractivity contribution in [3.05, 3.63) is 46.6 Å². The van der Waals surface area contributed by atoms with Gasteiger partial charge < -0.3 is 15.0 Å². The van der Waals surface area contributed by atoms with Crippen LogP contribution in [0.2, 0.25) is 5.02 Å². The summed E-state index contributed by atoms with van der Waals surface area (Å²) in [5.74, 6) is 0.925. The third-order valence-electron chi connectivity index (χ3n) is 4.46. The van der Waals surface area contributed by atoms with Crippen molar-refractivity contribution < 1.29 is 9.53 Å². The second-order valence-corrected chi connectivity index (χ2v) is 7.18. The first kappa shape index (κ1) is 19.4. The second kappa shape index (κ2) is 9.55. The number of benzene rings is 1. The van der Waals surface area contributed by atoms with Crippen LogP contribution in [0.1, 0.15) is 36.9 Å². The summed E-state index contributed by atoms with van der Waals surface area (Å²) in [6, 6.07) is 9.12. The van der Waals surface area contributed by atoms with E-state index in [1.165, 1.54) is 12.8 Å². The fourth-order valence-corrected chi connectivity index (χ4v) is 3.13. The van der Waals surface area contributed by atoms with Gasteiger partial charge in [0.25, 0.3) is 5.91 Å². The van der Waals surface area contributed by atoms with Crippen LogP contribution in [-0.4, -0.2) is 35.6 Å². The largest absolute Gasteiger partial charge is 0.467 e. The van der Waals surface area contributed by atoms with Gasteiger partial charge >= 0.3 is 0 Å². The van der Waals surface area contributed by atoms with Crippen LogP contribution in [-0.2, 0) is 11.3 Å². The van der Waals surface area contributed by atoms with Crippen molar-refractivity contribution in [1.82, 2.24) is 15.3 Å². The maximum atomic E-state index is 12.1. The van der Waals surface area contributed by atoms with Crippen LogP contribution in [0.15, 0.2) is 30.3 Å². The Balaban J connectivity index is 1.53. The second-order valence-electron chi connectivity index (χ2n) is 6.74. The number of ether oxygens (including phenoxy) is 1. The number of carbonyl (C=O) groups excluding carboxylic acids is 1. The van der Waals surface area contributed by atoms with Crippen LogP contribution in [0, 0.1) is 6.92 Å². The third kappa shape index (κ3) is 6.10. The maximum absolute atomic E-state index is 12.1. The van der Waals surface area contributed by atoms with Crippen molar-refractivity contribution in [1.29, 1.82) is 0 Å². The van der Waals surface area contributed by atoms with E-state index >= 15 is 0 Å². The molecule has 1 fully saturated rings. The molecular weight excluding hydrogens is 364 g/mol. The van der Waals surface area contributed by atoms with Crippen LogP contribution in [0.4, 0.5) is 5.95 Å². The molecule has 144 valence electrons. The van der Waals surface area contributed by atoms with Gasteiger partial charge in [-0.15, -0.1) is 0 Å². The maximum Gasteiger partial charge on any atom is 0.258 e. The zero-order valence-electron chi connectivity index (χ0n) is 15.6. The van der Waals surface area contributed by atoms with Crippen molar-refractivity contribution in [2.75, 3.05) is 24.6 Å². The molecule has 1 aliphatic rings. The highest BCUT2D eigenvalue weighted by molar-refractivity contribution is 6.30. The van der Waals surface area contributed by atoms with Gasteiger partial charge in [-0.3, -0.25) is 4.79 Å². The minimum atomic E-state index is -0.197. The summed E-state index contributed by atoms with van der Waals surface area (Å²) in [4.78, 5) is 23.3. The molecule has 2 heterocycles. The average Bonchev–Trinajstić information content (AvgIpc) is 2.95. The lowest BCUT2D eigenvalue weighted by Crippen LogP contribution is -2.29. The van der Waals surface area contributed by atoms with Crippen molar-refractivity contribution >= 4 is 23.5 Å². The smallest absolute Gasteiger partial charge is 0.258 e. The van der Waals surface area contributed by atoms with Gasteiger partial charge in [0.15, 0.2) is 6.61 Å². The molecule has 0 aliphatic carbocycles. The number of aromatic nitrogens is 2. The number of carbonyl (C=O) groups is 1. The topological polar surface area (TPSA) is 67.3 Å². The lowest BCUT2D eigenvalue weighted by molar-refractivity contribution is -0.123. The molecule has 0 atom stereocenters. The average molecular weight is 389 g/mol. The molecule has 0 bridgehead atoms. The van der Waals surface area contributed by atoms with Crippen molar-refractivity contribution in [3.63, 3.8) is 0 Å². The number of nitrogens with one attached hydrogen (secondary N) is 1. The number of hydrogen-bond acceptors (Lipinski definition) is 5. The van der Waals surface area contributed by atoms with E-state index in [0.717, 1.165) is 37.2 Å². The summed E-state index contributed by atoms with van der Waals surface area (Å²) < 4.78 is 5.61. The number of hydrogen-bond donors (Lipinski definition) is 1. The van der Waals surface area contributed by atoms with E-state index in [4.69, 9.17) is 16.3 Å². The van der Waals surface area contributed by atoms with Crippen LogP contribution >= 0.6 is 11.6 Å². The van der Waals surface area contributed by atoms with Crippen molar-refractivity contribution in [3.8, 4) is 5.88 Å². The summed E-state index contributed by atoms with van der Waals surface area (Å²) in [6.07, 6.45) is 4.81. The lowest BCUT2D eigenvalue weighted by atomic mass is 10.2. The normalized spacial score (nSPS) is 14.5. The Kier molecular flexibility index (Phi) is 6.87. The molecule has 0 unspecified atom stereocenters. The molecule has 1 aromatic carbocycles. The van der Waals surface area contributed by atoms with Crippen LogP contribution < -0.4 is 15.0 Å². The van der Waals surface area contributed by atoms with E-state index in [1.54, 1.807) is 18.2 Å². The van der Waals surface area contributed by atoms with Crippen LogP contribution in [0.3, 0.4) is 0 Å². The summed E-state index contributed by atoms with van der Waals surface area (Å²) in [5, 5.41) is 3.50. The minimum absolute atomic E-state index is 0.0799. The van der Waals surface area contributed by atoms with Gasteiger partial charge in [0.2, 0.25) is 11.8 Å². The predicted octanol–water partition coefficient (Wildman–Crippen LogP) is 3.51. The molecule has 6 nitrogen and oxygen atoms in total. The highest BCUT2D eigenvalue weighted by atomic mass is 35.5. The van der Waals surface area contributed by atoms with Crippen LogP contribution in [0.5, 0.6) is 5.88 Å². The Bertz CT molecular complexity index is 759. The van der Waals surface area contributed by atoms with Gasteiger partial charge in [0, 0.05) is 36.4 Å². The summed E-state index contributed by atoms with van der Waals surface area (Å²) in [6.45, 7) is 4.19. The fraction of sp³-hybridized carbons (Fsp3) is 0.450. The van der Waals surface area contributed by atoms with E-state index < -0.39 is 0 Å². The standard InChI is InChI=1S/C20H25ClN4O2/c1-15-12-19(24-20(23-15)25-10-4-2-3-5-11-25)27-14-18(26)22-13-16-6-8-17(21)9-7-16/h6-9,12H,2-5,10-11,13-14H2,1H3,(H,22,26). The first-order chi connectivity index (χ1) is 13.1. The number of aryl methyl sites for hydroxylation is 1. The van der Waals surface area contributed by atoms with E-state index in [0.29, 0.717) is 23.4 Å². The van der Waals surface area contributed by atoms with E-state index in [1.807, 2.05) is 19.1 Å². The summed E-state index contributed by atoms with van der Waals surface area (Å²) in [5.41, 5.74) is 1.81. The Morgan fingerprint density at radius 2 is 1.85 bits per heavy atom. The fourth-order valence-electron chi connectivity index (χ4n) is 3.00.